The van der Waals surface area contributed by atoms with Crippen LogP contribution in [0.15, 0.2) is 36.4 Å². The number of halogens is 5. The zero-order valence-corrected chi connectivity index (χ0v) is 15.1. The van der Waals surface area contributed by atoms with Crippen molar-refractivity contribution in [2.75, 3.05) is 26.2 Å². The molecule has 0 aliphatic carbocycles. The predicted molar refractivity (Wildman–Crippen MR) is 94.2 cm³/mol. The highest BCUT2D eigenvalue weighted by Gasteiger charge is 2.34. The van der Waals surface area contributed by atoms with Gasteiger partial charge in [0.25, 0.3) is 0 Å². The second-order valence-electron chi connectivity index (χ2n) is 5.55. The van der Waals surface area contributed by atoms with E-state index in [1.54, 1.807) is 18.2 Å². The Kier molecular flexibility index (Phi) is 9.73. The molecule has 0 unspecified atom stereocenters. The molecule has 1 aromatic carbocycles. The molecule has 1 heterocycles. The van der Waals surface area contributed by atoms with Gasteiger partial charge in [-0.25, -0.2) is 0 Å². The van der Waals surface area contributed by atoms with Crippen molar-refractivity contribution in [2.24, 2.45) is 0 Å². The van der Waals surface area contributed by atoms with Crippen LogP contribution in [0, 0.1) is 0 Å². The van der Waals surface area contributed by atoms with Crippen molar-refractivity contribution in [1.82, 2.24) is 10.2 Å². The lowest BCUT2D eigenvalue weighted by atomic mass is 9.97. The average Bonchev–Trinajstić information content (AvgIpc) is 2.45. The van der Waals surface area contributed by atoms with E-state index in [0.29, 0.717) is 12.0 Å². The third-order valence-corrected chi connectivity index (χ3v) is 3.64. The van der Waals surface area contributed by atoms with Gasteiger partial charge in [0, 0.05) is 37.8 Å². The van der Waals surface area contributed by atoms with Crippen LogP contribution >= 0.6 is 24.8 Å². The van der Waals surface area contributed by atoms with Gasteiger partial charge in [-0.2, -0.15) is 0 Å². The van der Waals surface area contributed by atoms with E-state index in [2.05, 4.69) is 21.5 Å². The van der Waals surface area contributed by atoms with Crippen LogP contribution in [0.3, 0.4) is 0 Å². The third-order valence-electron chi connectivity index (χ3n) is 3.64. The Labute approximate surface area is 153 Å². The molecule has 0 bridgehead atoms. The molecule has 1 N–H and O–H groups in total. The average molecular weight is 387 g/mol. The highest BCUT2D eigenvalue weighted by Crippen LogP contribution is 2.36. The van der Waals surface area contributed by atoms with E-state index in [4.69, 9.17) is 0 Å². The Morgan fingerprint density at radius 2 is 1.83 bits per heavy atom. The predicted octanol–water partition coefficient (Wildman–Crippen LogP) is 4.34. The number of nitrogens with zero attached hydrogens (tertiary/aromatic N) is 1. The Morgan fingerprint density at radius 1 is 1.25 bits per heavy atom. The Balaban J connectivity index is 0.00000264. The number of nitrogens with one attached hydrogen (secondary N) is 1. The van der Waals surface area contributed by atoms with Crippen LogP contribution in [0.25, 0.3) is 0 Å². The molecule has 0 radical (unpaired) electrons. The van der Waals surface area contributed by atoms with E-state index in [-0.39, 0.29) is 36.6 Å². The van der Waals surface area contributed by atoms with Gasteiger partial charge in [0.05, 0.1) is 0 Å². The molecular formula is C16H23Cl2F3N2O. The molecule has 1 fully saturated rings. The van der Waals surface area contributed by atoms with Gasteiger partial charge in [-0.05, 0) is 19.4 Å². The maximum Gasteiger partial charge on any atom is 0.573 e. The number of alkyl halides is 3. The van der Waals surface area contributed by atoms with Gasteiger partial charge in [0.2, 0.25) is 0 Å². The first-order chi connectivity index (χ1) is 10.4. The summed E-state index contributed by atoms with van der Waals surface area (Å²) in [6.07, 6.45) is -4.08. The third kappa shape index (κ3) is 6.89. The Morgan fingerprint density at radius 3 is 2.38 bits per heavy atom. The molecular weight excluding hydrogens is 364 g/mol. The number of para-hydroxylation sites is 1. The molecule has 1 saturated heterocycles. The van der Waals surface area contributed by atoms with E-state index < -0.39 is 6.36 Å². The van der Waals surface area contributed by atoms with Crippen LogP contribution in [0.2, 0.25) is 0 Å². The maximum atomic E-state index is 12.6. The second-order valence-corrected chi connectivity index (χ2v) is 5.55. The molecule has 3 nitrogen and oxygen atoms in total. The summed E-state index contributed by atoms with van der Waals surface area (Å²) in [4.78, 5) is 2.18. The van der Waals surface area contributed by atoms with Crippen LogP contribution in [0.5, 0.6) is 5.75 Å². The summed E-state index contributed by atoms with van der Waals surface area (Å²) in [6, 6.07) is 6.22. The molecule has 1 aliphatic rings. The molecule has 24 heavy (non-hydrogen) atoms. The van der Waals surface area contributed by atoms with Gasteiger partial charge in [0.1, 0.15) is 5.75 Å². The van der Waals surface area contributed by atoms with E-state index in [9.17, 15) is 13.2 Å². The fourth-order valence-corrected chi connectivity index (χ4v) is 2.73. The molecule has 2 rings (SSSR count). The van der Waals surface area contributed by atoms with Gasteiger partial charge in [-0.3, -0.25) is 4.90 Å². The zero-order valence-electron chi connectivity index (χ0n) is 13.4. The van der Waals surface area contributed by atoms with Crippen molar-refractivity contribution in [1.29, 1.82) is 0 Å². The fourth-order valence-electron chi connectivity index (χ4n) is 2.73. The molecule has 0 saturated carbocycles. The number of ether oxygens (including phenoxy) is 1. The zero-order chi connectivity index (χ0) is 16.2. The normalized spacial score (nSPS) is 16.5. The van der Waals surface area contributed by atoms with Gasteiger partial charge >= 0.3 is 6.36 Å². The first kappa shape index (κ1) is 23.1. The molecule has 8 heteroatoms. The minimum absolute atomic E-state index is 0. The smallest absolute Gasteiger partial charge is 0.405 e. The van der Waals surface area contributed by atoms with Gasteiger partial charge < -0.3 is 10.1 Å². The number of benzene rings is 1. The molecule has 138 valence electrons. The lowest BCUT2D eigenvalue weighted by molar-refractivity contribution is -0.275. The first-order valence-corrected chi connectivity index (χ1v) is 7.30. The van der Waals surface area contributed by atoms with E-state index in [1.165, 1.54) is 6.07 Å². The van der Waals surface area contributed by atoms with Crippen LogP contribution in [0.4, 0.5) is 13.2 Å². The molecule has 0 spiro atoms. The van der Waals surface area contributed by atoms with Crippen molar-refractivity contribution in [3.63, 3.8) is 0 Å². The summed E-state index contributed by atoms with van der Waals surface area (Å²) < 4.78 is 42.1. The molecule has 1 atom stereocenters. The maximum absolute atomic E-state index is 12.6. The van der Waals surface area contributed by atoms with Crippen molar-refractivity contribution < 1.29 is 17.9 Å². The monoisotopic (exact) mass is 386 g/mol. The minimum atomic E-state index is -4.69. The second kappa shape index (κ2) is 10.1. The van der Waals surface area contributed by atoms with Gasteiger partial charge in [-0.1, -0.05) is 23.8 Å². The highest BCUT2D eigenvalue weighted by molar-refractivity contribution is 5.85. The Hall–Kier alpha value is -0.950. The standard InChI is InChI=1S/C16H21F3N2O.2ClH/c1-12(2)11-14(21-9-7-20-8-10-21)13-5-3-4-6-15(13)22-16(17,18)19;;/h3-6,14,20H,1,7-11H2,2H3;2*1H/t14-;;/m1../s1. The lowest BCUT2D eigenvalue weighted by Crippen LogP contribution is -2.45. The number of hydrogen-bond donors (Lipinski definition) is 1. The lowest BCUT2D eigenvalue weighted by Gasteiger charge is -2.36. The van der Waals surface area contributed by atoms with Crippen molar-refractivity contribution >= 4 is 24.8 Å². The van der Waals surface area contributed by atoms with Crippen molar-refractivity contribution in [3.05, 3.63) is 42.0 Å². The van der Waals surface area contributed by atoms with E-state index in [0.717, 1.165) is 31.8 Å². The summed E-state index contributed by atoms with van der Waals surface area (Å²) in [7, 11) is 0. The van der Waals surface area contributed by atoms with Crippen LogP contribution in [-0.2, 0) is 0 Å². The topological polar surface area (TPSA) is 24.5 Å². The van der Waals surface area contributed by atoms with Crippen molar-refractivity contribution in [2.45, 2.75) is 25.7 Å². The molecule has 1 aromatic rings. The summed E-state index contributed by atoms with van der Waals surface area (Å²) in [5.41, 5.74) is 1.50. The summed E-state index contributed by atoms with van der Waals surface area (Å²) >= 11 is 0. The molecule has 0 aromatic heterocycles. The van der Waals surface area contributed by atoms with E-state index >= 15 is 0 Å². The SMILES string of the molecule is C=C(C)C[C@H](c1ccccc1OC(F)(F)F)N1CCNCC1.Cl.Cl. The quantitative estimate of drug-likeness (QED) is 0.761. The largest absolute Gasteiger partial charge is 0.573 e. The molecule has 0 amide bonds. The van der Waals surface area contributed by atoms with Crippen LogP contribution in [0.1, 0.15) is 24.9 Å². The van der Waals surface area contributed by atoms with Crippen molar-refractivity contribution in [3.8, 4) is 5.75 Å². The summed E-state index contributed by atoms with van der Waals surface area (Å²) in [5.74, 6) is -0.125. The molecule has 1 aliphatic heterocycles. The van der Waals surface area contributed by atoms with Crippen LogP contribution in [-0.4, -0.2) is 37.4 Å². The van der Waals surface area contributed by atoms with Crippen LogP contribution < -0.4 is 10.1 Å². The number of piperazine rings is 1. The number of hydrogen-bond acceptors (Lipinski definition) is 3. The summed E-state index contributed by atoms with van der Waals surface area (Å²) in [5, 5.41) is 3.25. The fraction of sp³-hybridized carbons (Fsp3) is 0.500. The highest BCUT2D eigenvalue weighted by atomic mass is 35.5. The van der Waals surface area contributed by atoms with E-state index in [1.807, 2.05) is 6.92 Å². The first-order valence-electron chi connectivity index (χ1n) is 7.30. The number of rotatable bonds is 5. The van der Waals surface area contributed by atoms with Gasteiger partial charge in [0.15, 0.2) is 0 Å². The Bertz CT molecular complexity index is 520. The minimum Gasteiger partial charge on any atom is -0.405 e. The summed E-state index contributed by atoms with van der Waals surface area (Å²) in [6.45, 7) is 9.04. The van der Waals surface area contributed by atoms with Gasteiger partial charge in [-0.15, -0.1) is 44.6 Å².